The number of hydrogen-bond acceptors (Lipinski definition) is 6. The van der Waals surface area contributed by atoms with Crippen LogP contribution in [0.25, 0.3) is 0 Å². The van der Waals surface area contributed by atoms with Gasteiger partial charge >= 0.3 is 5.97 Å². The third-order valence-electron chi connectivity index (χ3n) is 3.59. The van der Waals surface area contributed by atoms with Gasteiger partial charge in [0, 0.05) is 6.42 Å². The fraction of sp³-hybridized carbons (Fsp3) is 0.400. The van der Waals surface area contributed by atoms with Gasteiger partial charge in [-0.25, -0.2) is 13.9 Å². The Hall–Kier alpha value is -3.04. The van der Waals surface area contributed by atoms with E-state index in [0.717, 1.165) is 5.56 Å². The second kappa shape index (κ2) is 8.18. The SMILES string of the molecule is COc1cccc(CC(C(=O)NC(CF)C(=O)O)n2nnnc2C)c1. The average Bonchev–Trinajstić information content (AvgIpc) is 3.02. The number of aryl methyl sites for hydroxylation is 1. The van der Waals surface area contributed by atoms with Crippen molar-refractivity contribution in [2.24, 2.45) is 0 Å². The number of ether oxygens (including phenoxy) is 1. The molecule has 0 bridgehead atoms. The van der Waals surface area contributed by atoms with Gasteiger partial charge < -0.3 is 15.2 Å². The topological polar surface area (TPSA) is 119 Å². The Morgan fingerprint density at radius 2 is 2.20 bits per heavy atom. The number of aromatic nitrogens is 4. The lowest BCUT2D eigenvalue weighted by atomic mass is 10.0. The maximum absolute atomic E-state index is 12.8. The number of carboxylic acids is 1. The van der Waals surface area contributed by atoms with Crippen LogP contribution in [0.15, 0.2) is 24.3 Å². The minimum Gasteiger partial charge on any atom is -0.497 e. The monoisotopic (exact) mass is 351 g/mol. The number of methoxy groups -OCH3 is 1. The quantitative estimate of drug-likeness (QED) is 0.702. The molecule has 2 unspecified atom stereocenters. The Balaban J connectivity index is 2.28. The van der Waals surface area contributed by atoms with Crippen LogP contribution in [-0.4, -0.2) is 57.0 Å². The largest absolute Gasteiger partial charge is 0.497 e. The molecule has 9 nitrogen and oxygen atoms in total. The zero-order valence-corrected chi connectivity index (χ0v) is 13.7. The Morgan fingerprint density at radius 3 is 2.76 bits per heavy atom. The summed E-state index contributed by atoms with van der Waals surface area (Å²) >= 11 is 0. The number of tetrazole rings is 1. The summed E-state index contributed by atoms with van der Waals surface area (Å²) in [6.45, 7) is 0.386. The van der Waals surface area contributed by atoms with Gasteiger partial charge in [-0.2, -0.15) is 0 Å². The van der Waals surface area contributed by atoms with Gasteiger partial charge in [-0.3, -0.25) is 4.79 Å². The molecule has 0 aliphatic heterocycles. The molecule has 0 aliphatic rings. The van der Waals surface area contributed by atoms with Crippen LogP contribution < -0.4 is 10.1 Å². The zero-order chi connectivity index (χ0) is 18.4. The van der Waals surface area contributed by atoms with E-state index >= 15 is 0 Å². The summed E-state index contributed by atoms with van der Waals surface area (Å²) in [5.74, 6) is -1.17. The van der Waals surface area contributed by atoms with Gasteiger partial charge in [0.15, 0.2) is 6.04 Å². The van der Waals surface area contributed by atoms with Crippen LogP contribution in [0.2, 0.25) is 0 Å². The van der Waals surface area contributed by atoms with Crippen LogP contribution in [-0.2, 0) is 16.0 Å². The van der Waals surface area contributed by atoms with Crippen LogP contribution in [0.4, 0.5) is 4.39 Å². The number of nitrogens with zero attached hydrogens (tertiary/aromatic N) is 4. The normalized spacial score (nSPS) is 13.1. The summed E-state index contributed by atoms with van der Waals surface area (Å²) in [6.07, 6.45) is 0.174. The molecule has 134 valence electrons. The van der Waals surface area contributed by atoms with Crippen LogP contribution in [0.1, 0.15) is 17.4 Å². The van der Waals surface area contributed by atoms with E-state index in [1.165, 1.54) is 11.8 Å². The van der Waals surface area contributed by atoms with E-state index in [9.17, 15) is 14.0 Å². The van der Waals surface area contributed by atoms with Crippen LogP contribution in [0, 0.1) is 6.92 Å². The number of halogens is 1. The summed E-state index contributed by atoms with van der Waals surface area (Å²) in [5, 5.41) is 22.1. The van der Waals surface area contributed by atoms with E-state index in [1.54, 1.807) is 31.2 Å². The van der Waals surface area contributed by atoms with Gasteiger partial charge in [0.2, 0.25) is 5.91 Å². The predicted octanol–water partition coefficient (Wildman–Crippen LogP) is 0.313. The summed E-state index contributed by atoms with van der Waals surface area (Å²) in [6, 6.07) is 4.48. The molecule has 1 heterocycles. The first kappa shape index (κ1) is 18.3. The summed E-state index contributed by atoms with van der Waals surface area (Å²) in [5.41, 5.74) is 0.751. The molecule has 1 aromatic carbocycles. The average molecular weight is 351 g/mol. The number of carboxylic acid groups (broad SMARTS) is 1. The Labute approximate surface area is 142 Å². The summed E-state index contributed by atoms with van der Waals surface area (Å²) < 4.78 is 19.2. The van der Waals surface area contributed by atoms with Crippen LogP contribution in [0.5, 0.6) is 5.75 Å². The number of rotatable bonds is 8. The van der Waals surface area contributed by atoms with Gasteiger partial charge in [0.25, 0.3) is 0 Å². The van der Waals surface area contributed by atoms with Crippen molar-refractivity contribution in [2.75, 3.05) is 13.8 Å². The highest BCUT2D eigenvalue weighted by Crippen LogP contribution is 2.19. The molecule has 0 radical (unpaired) electrons. The van der Waals surface area contributed by atoms with Crippen molar-refractivity contribution in [1.29, 1.82) is 0 Å². The molecule has 0 fully saturated rings. The molecular weight excluding hydrogens is 333 g/mol. The molecule has 0 saturated heterocycles. The molecule has 10 heteroatoms. The van der Waals surface area contributed by atoms with Crippen molar-refractivity contribution in [3.05, 3.63) is 35.7 Å². The number of alkyl halides is 1. The maximum Gasteiger partial charge on any atom is 0.328 e. The Bertz CT molecular complexity index is 751. The lowest BCUT2D eigenvalue weighted by molar-refractivity contribution is -0.142. The molecule has 1 amide bonds. The van der Waals surface area contributed by atoms with E-state index in [4.69, 9.17) is 9.84 Å². The molecule has 0 saturated carbocycles. The fourth-order valence-electron chi connectivity index (χ4n) is 2.27. The number of amides is 1. The summed E-state index contributed by atoms with van der Waals surface area (Å²) in [4.78, 5) is 23.5. The number of nitrogens with one attached hydrogen (secondary N) is 1. The lowest BCUT2D eigenvalue weighted by Crippen LogP contribution is -2.46. The highest BCUT2D eigenvalue weighted by atomic mass is 19.1. The molecule has 2 atom stereocenters. The van der Waals surface area contributed by atoms with Crippen LogP contribution in [0.3, 0.4) is 0 Å². The molecule has 2 rings (SSSR count). The van der Waals surface area contributed by atoms with Gasteiger partial charge in [-0.15, -0.1) is 5.10 Å². The number of carbonyl (C=O) groups excluding carboxylic acids is 1. The maximum atomic E-state index is 12.8. The van der Waals surface area contributed by atoms with E-state index < -0.39 is 30.6 Å². The Morgan fingerprint density at radius 1 is 1.44 bits per heavy atom. The number of aliphatic carboxylic acids is 1. The lowest BCUT2D eigenvalue weighted by Gasteiger charge is -2.20. The minimum absolute atomic E-state index is 0.174. The van der Waals surface area contributed by atoms with Crippen molar-refractivity contribution in [3.8, 4) is 5.75 Å². The predicted molar refractivity (Wildman–Crippen MR) is 83.8 cm³/mol. The van der Waals surface area contributed by atoms with Gasteiger partial charge in [0.1, 0.15) is 24.3 Å². The van der Waals surface area contributed by atoms with E-state index in [1.807, 2.05) is 0 Å². The molecule has 25 heavy (non-hydrogen) atoms. The smallest absolute Gasteiger partial charge is 0.328 e. The van der Waals surface area contributed by atoms with Crippen molar-refractivity contribution in [1.82, 2.24) is 25.5 Å². The first-order chi connectivity index (χ1) is 12.0. The molecule has 0 spiro atoms. The number of hydrogen-bond donors (Lipinski definition) is 2. The second-order valence-electron chi connectivity index (χ2n) is 5.30. The van der Waals surface area contributed by atoms with E-state index in [2.05, 4.69) is 20.8 Å². The zero-order valence-electron chi connectivity index (χ0n) is 13.7. The number of carbonyl (C=O) groups is 2. The van der Waals surface area contributed by atoms with Crippen molar-refractivity contribution < 1.29 is 23.8 Å². The highest BCUT2D eigenvalue weighted by Gasteiger charge is 2.28. The van der Waals surface area contributed by atoms with Gasteiger partial charge in [-0.05, 0) is 35.0 Å². The van der Waals surface area contributed by atoms with Gasteiger partial charge in [0.05, 0.1) is 7.11 Å². The van der Waals surface area contributed by atoms with Crippen LogP contribution >= 0.6 is 0 Å². The minimum atomic E-state index is -1.63. The van der Waals surface area contributed by atoms with Crippen molar-refractivity contribution in [3.63, 3.8) is 0 Å². The molecule has 2 aromatic rings. The molecule has 0 aliphatic carbocycles. The summed E-state index contributed by atoms with van der Waals surface area (Å²) in [7, 11) is 1.52. The third kappa shape index (κ3) is 4.49. The van der Waals surface area contributed by atoms with Crippen molar-refractivity contribution in [2.45, 2.75) is 25.4 Å². The molecular formula is C15H18FN5O4. The van der Waals surface area contributed by atoms with E-state index in [-0.39, 0.29) is 6.42 Å². The Kier molecular flexibility index (Phi) is 5.98. The second-order valence-corrected chi connectivity index (χ2v) is 5.30. The molecule has 2 N–H and O–H groups in total. The number of benzene rings is 1. The van der Waals surface area contributed by atoms with Crippen molar-refractivity contribution >= 4 is 11.9 Å². The third-order valence-corrected chi connectivity index (χ3v) is 3.59. The standard InChI is InChI=1S/C15H18FN5O4/c1-9-18-19-20-21(9)13(14(22)17-12(8-16)15(23)24)7-10-4-3-5-11(6-10)25-2/h3-6,12-13H,7-8H2,1-2H3,(H,17,22)(H,23,24). The van der Waals surface area contributed by atoms with E-state index in [0.29, 0.717) is 11.6 Å². The molecule has 1 aromatic heterocycles. The fourth-order valence-corrected chi connectivity index (χ4v) is 2.27. The first-order valence-corrected chi connectivity index (χ1v) is 7.42. The van der Waals surface area contributed by atoms with Gasteiger partial charge in [-0.1, -0.05) is 12.1 Å². The first-order valence-electron chi connectivity index (χ1n) is 7.42. The highest BCUT2D eigenvalue weighted by molar-refractivity contribution is 5.86.